The highest BCUT2D eigenvalue weighted by Crippen LogP contribution is 2.34. The largest absolute Gasteiger partial charge is 0.313 e. The number of hydrogen-bond acceptors (Lipinski definition) is 5. The number of aryl methyl sites for hydroxylation is 1. The number of fused-ring (bicyclic) bond motifs is 3. The minimum Gasteiger partial charge on any atom is -0.313 e. The predicted molar refractivity (Wildman–Crippen MR) is 115 cm³/mol. The molecule has 2 aromatic rings. The lowest BCUT2D eigenvalue weighted by Gasteiger charge is -2.32. The van der Waals surface area contributed by atoms with E-state index in [9.17, 15) is 4.79 Å². The Morgan fingerprint density at radius 1 is 1.41 bits per heavy atom. The molecule has 150 valence electrons. The number of rotatable bonds is 7. The van der Waals surface area contributed by atoms with Crippen LogP contribution in [0.1, 0.15) is 44.6 Å². The van der Waals surface area contributed by atoms with Crippen LogP contribution in [0.4, 0.5) is 0 Å². The third kappa shape index (κ3) is 4.79. The van der Waals surface area contributed by atoms with Crippen molar-refractivity contribution in [3.05, 3.63) is 27.1 Å². The number of hydrogen-bond donors (Lipinski definition) is 1. The van der Waals surface area contributed by atoms with Crippen LogP contribution in [-0.4, -0.2) is 47.7 Å². The SMILES string of the molecule is CC(C)Cn1cnc2sc3c(c2c1=O)CCC(NCC(C)(C)CN(C)C)C3. The van der Waals surface area contributed by atoms with Gasteiger partial charge < -0.3 is 10.2 Å². The Hall–Kier alpha value is -1.24. The maximum atomic E-state index is 12.9. The first-order valence-corrected chi connectivity index (χ1v) is 10.9. The van der Waals surface area contributed by atoms with Crippen molar-refractivity contribution in [2.75, 3.05) is 27.2 Å². The summed E-state index contributed by atoms with van der Waals surface area (Å²) in [5.41, 5.74) is 1.65. The fraction of sp³-hybridized carbons (Fsp3) is 0.714. The summed E-state index contributed by atoms with van der Waals surface area (Å²) in [5, 5.41) is 4.66. The molecule has 1 aliphatic rings. The second-order valence-electron chi connectivity index (χ2n) is 9.50. The lowest BCUT2D eigenvalue weighted by molar-refractivity contribution is 0.222. The Morgan fingerprint density at radius 3 is 2.81 bits per heavy atom. The summed E-state index contributed by atoms with van der Waals surface area (Å²) in [6, 6.07) is 0.491. The van der Waals surface area contributed by atoms with E-state index in [4.69, 9.17) is 0 Å². The zero-order chi connectivity index (χ0) is 19.8. The standard InChI is InChI=1S/C21H34N4OS/c1-14(2)10-25-13-23-19-18(20(25)26)16-8-7-15(9-17(16)27-19)22-11-21(3,4)12-24(5)6/h13-15,22H,7-12H2,1-6H3. The van der Waals surface area contributed by atoms with E-state index in [1.807, 2.05) is 0 Å². The molecular weight excluding hydrogens is 356 g/mol. The number of nitrogens with zero attached hydrogens (tertiary/aromatic N) is 3. The molecule has 0 saturated heterocycles. The first-order valence-electron chi connectivity index (χ1n) is 10.0. The molecule has 1 N–H and O–H groups in total. The molecule has 0 radical (unpaired) electrons. The Kier molecular flexibility index (Phi) is 6.08. The van der Waals surface area contributed by atoms with E-state index < -0.39 is 0 Å². The molecular formula is C21H34N4OS. The Bertz CT molecular complexity index is 850. The second kappa shape index (κ2) is 8.02. The molecule has 0 aliphatic heterocycles. The molecule has 0 saturated carbocycles. The Balaban J connectivity index is 1.76. The van der Waals surface area contributed by atoms with Gasteiger partial charge in [0.25, 0.3) is 5.56 Å². The first-order chi connectivity index (χ1) is 12.7. The van der Waals surface area contributed by atoms with Gasteiger partial charge >= 0.3 is 0 Å². The average molecular weight is 391 g/mol. The Morgan fingerprint density at radius 2 is 2.15 bits per heavy atom. The summed E-state index contributed by atoms with van der Waals surface area (Å²) in [7, 11) is 4.26. The van der Waals surface area contributed by atoms with E-state index in [0.717, 1.165) is 49.1 Å². The van der Waals surface area contributed by atoms with Crippen molar-refractivity contribution in [2.45, 2.75) is 59.5 Å². The fourth-order valence-corrected chi connectivity index (χ4v) is 5.49. The van der Waals surface area contributed by atoms with Crippen molar-refractivity contribution >= 4 is 21.6 Å². The van der Waals surface area contributed by atoms with Crippen LogP contribution in [0.25, 0.3) is 10.2 Å². The number of nitrogens with one attached hydrogen (secondary N) is 1. The second-order valence-corrected chi connectivity index (χ2v) is 10.6. The monoisotopic (exact) mass is 390 g/mol. The van der Waals surface area contributed by atoms with Crippen LogP contribution in [0.3, 0.4) is 0 Å². The van der Waals surface area contributed by atoms with Gasteiger partial charge in [-0.2, -0.15) is 0 Å². The highest BCUT2D eigenvalue weighted by Gasteiger charge is 2.27. The molecule has 1 atom stereocenters. The number of thiophene rings is 1. The highest BCUT2D eigenvalue weighted by atomic mass is 32.1. The van der Waals surface area contributed by atoms with Gasteiger partial charge in [0, 0.05) is 30.6 Å². The topological polar surface area (TPSA) is 50.2 Å². The Labute approximate surface area is 166 Å². The predicted octanol–water partition coefficient (Wildman–Crippen LogP) is 3.15. The van der Waals surface area contributed by atoms with Crippen LogP contribution < -0.4 is 10.9 Å². The van der Waals surface area contributed by atoms with Gasteiger partial charge in [-0.15, -0.1) is 11.3 Å². The normalized spacial score (nSPS) is 17.9. The van der Waals surface area contributed by atoms with Crippen molar-refractivity contribution < 1.29 is 0 Å². The van der Waals surface area contributed by atoms with Crippen molar-refractivity contribution in [3.8, 4) is 0 Å². The third-order valence-electron chi connectivity index (χ3n) is 5.21. The van der Waals surface area contributed by atoms with E-state index in [2.05, 4.69) is 57.0 Å². The molecule has 1 unspecified atom stereocenters. The van der Waals surface area contributed by atoms with Gasteiger partial charge in [0.15, 0.2) is 0 Å². The van der Waals surface area contributed by atoms with Gasteiger partial charge in [0.2, 0.25) is 0 Å². The molecule has 6 heteroatoms. The first kappa shape index (κ1) is 20.5. The number of aromatic nitrogens is 2. The van der Waals surface area contributed by atoms with E-state index in [0.29, 0.717) is 12.0 Å². The molecule has 2 heterocycles. The summed E-state index contributed by atoms with van der Waals surface area (Å²) >= 11 is 1.72. The summed E-state index contributed by atoms with van der Waals surface area (Å²) in [6.07, 6.45) is 4.81. The smallest absolute Gasteiger partial charge is 0.262 e. The highest BCUT2D eigenvalue weighted by molar-refractivity contribution is 7.18. The average Bonchev–Trinajstić information content (AvgIpc) is 2.92. The van der Waals surface area contributed by atoms with Crippen molar-refractivity contribution in [2.24, 2.45) is 11.3 Å². The summed E-state index contributed by atoms with van der Waals surface area (Å²) < 4.78 is 1.79. The lowest BCUT2D eigenvalue weighted by atomic mass is 9.89. The summed E-state index contributed by atoms with van der Waals surface area (Å²) in [4.78, 5) is 22.1. The van der Waals surface area contributed by atoms with Crippen molar-refractivity contribution in [1.29, 1.82) is 0 Å². The zero-order valence-corrected chi connectivity index (χ0v) is 18.4. The van der Waals surface area contributed by atoms with Gasteiger partial charge in [0.1, 0.15) is 4.83 Å². The quantitative estimate of drug-likeness (QED) is 0.789. The van der Waals surface area contributed by atoms with Crippen LogP contribution in [0.2, 0.25) is 0 Å². The van der Waals surface area contributed by atoms with E-state index in [1.54, 1.807) is 22.2 Å². The molecule has 0 amide bonds. The van der Waals surface area contributed by atoms with Crippen molar-refractivity contribution in [3.63, 3.8) is 0 Å². The minimum atomic E-state index is 0.143. The molecule has 27 heavy (non-hydrogen) atoms. The van der Waals surface area contributed by atoms with Gasteiger partial charge in [-0.3, -0.25) is 9.36 Å². The molecule has 0 fully saturated rings. The summed E-state index contributed by atoms with van der Waals surface area (Å²) in [6.45, 7) is 11.7. The zero-order valence-electron chi connectivity index (χ0n) is 17.6. The molecule has 3 rings (SSSR count). The van der Waals surface area contributed by atoms with Gasteiger partial charge in [0.05, 0.1) is 11.7 Å². The van der Waals surface area contributed by atoms with Gasteiger partial charge in [-0.25, -0.2) is 4.98 Å². The van der Waals surface area contributed by atoms with E-state index >= 15 is 0 Å². The molecule has 0 aromatic carbocycles. The molecule has 0 spiro atoms. The summed E-state index contributed by atoms with van der Waals surface area (Å²) in [5.74, 6) is 0.440. The van der Waals surface area contributed by atoms with Crippen LogP contribution >= 0.6 is 11.3 Å². The van der Waals surface area contributed by atoms with Crippen LogP contribution in [0.15, 0.2) is 11.1 Å². The molecule has 5 nitrogen and oxygen atoms in total. The van der Waals surface area contributed by atoms with Gasteiger partial charge in [-0.05, 0) is 50.3 Å². The third-order valence-corrected chi connectivity index (χ3v) is 6.37. The maximum absolute atomic E-state index is 12.9. The molecule has 2 aromatic heterocycles. The van der Waals surface area contributed by atoms with Gasteiger partial charge in [-0.1, -0.05) is 27.7 Å². The minimum absolute atomic E-state index is 0.143. The van der Waals surface area contributed by atoms with Crippen molar-refractivity contribution in [1.82, 2.24) is 19.8 Å². The lowest BCUT2D eigenvalue weighted by Crippen LogP contribution is -2.43. The van der Waals surface area contributed by atoms with Crippen LogP contribution in [0.5, 0.6) is 0 Å². The molecule has 1 aliphatic carbocycles. The fourth-order valence-electron chi connectivity index (χ4n) is 4.23. The molecule has 0 bridgehead atoms. The maximum Gasteiger partial charge on any atom is 0.262 e. The van der Waals surface area contributed by atoms with E-state index in [1.165, 1.54) is 10.4 Å². The van der Waals surface area contributed by atoms with Crippen LogP contribution in [0, 0.1) is 11.3 Å². The van der Waals surface area contributed by atoms with E-state index in [-0.39, 0.29) is 11.0 Å². The van der Waals surface area contributed by atoms with Crippen LogP contribution in [-0.2, 0) is 19.4 Å².